The first-order chi connectivity index (χ1) is 6.63. The minimum atomic E-state index is -0.346. The summed E-state index contributed by atoms with van der Waals surface area (Å²) < 4.78 is 6.30. The van der Waals surface area contributed by atoms with Crippen LogP contribution in [-0.4, -0.2) is 48.4 Å². The molecule has 0 amide bonds. The fraction of sp³-hybridized carbons (Fsp3) is 0.556. The lowest BCUT2D eigenvalue weighted by molar-refractivity contribution is 0.0600. The topological polar surface area (TPSA) is 47.4 Å². The number of esters is 1. The summed E-state index contributed by atoms with van der Waals surface area (Å²) in [5, 5.41) is 4.05. The highest BCUT2D eigenvalue weighted by atomic mass is 16.5. The Morgan fingerprint density at radius 2 is 2.36 bits per heavy atom. The average molecular weight is 197 g/mol. The van der Waals surface area contributed by atoms with Crippen LogP contribution >= 0.6 is 0 Å². The van der Waals surface area contributed by atoms with Crippen molar-refractivity contribution in [3.05, 3.63) is 18.0 Å². The third-order valence-electron chi connectivity index (χ3n) is 1.83. The van der Waals surface area contributed by atoms with E-state index in [1.54, 1.807) is 10.9 Å². The third-order valence-corrected chi connectivity index (χ3v) is 1.83. The van der Waals surface area contributed by atoms with Gasteiger partial charge in [0.2, 0.25) is 0 Å². The van der Waals surface area contributed by atoms with Crippen LogP contribution in [0.5, 0.6) is 0 Å². The number of hydrogen-bond acceptors (Lipinski definition) is 4. The predicted molar refractivity (Wildman–Crippen MR) is 52.1 cm³/mol. The van der Waals surface area contributed by atoms with Crippen molar-refractivity contribution in [2.24, 2.45) is 0 Å². The average Bonchev–Trinajstić information content (AvgIpc) is 2.62. The van der Waals surface area contributed by atoms with Gasteiger partial charge < -0.3 is 9.64 Å². The summed E-state index contributed by atoms with van der Waals surface area (Å²) >= 11 is 0. The minimum absolute atomic E-state index is 0.346. The maximum Gasteiger partial charge on any atom is 0.341 e. The summed E-state index contributed by atoms with van der Waals surface area (Å²) in [6.07, 6.45) is 3.21. The standard InChI is InChI=1S/C9H15N3O2/c1-11(2)4-5-12-7-8(6-10-12)9(13)14-3/h6-7H,4-5H2,1-3H3. The Bertz CT molecular complexity index is 307. The Morgan fingerprint density at radius 1 is 1.64 bits per heavy atom. The molecule has 0 unspecified atom stereocenters. The second-order valence-electron chi connectivity index (χ2n) is 3.29. The van der Waals surface area contributed by atoms with Crippen LogP contribution in [0.2, 0.25) is 0 Å². The number of carbonyl (C=O) groups is 1. The fourth-order valence-corrected chi connectivity index (χ4v) is 1.01. The van der Waals surface area contributed by atoms with Crippen molar-refractivity contribution in [2.45, 2.75) is 6.54 Å². The zero-order valence-electron chi connectivity index (χ0n) is 8.73. The quantitative estimate of drug-likeness (QED) is 0.648. The summed E-state index contributed by atoms with van der Waals surface area (Å²) in [6, 6.07) is 0. The molecular formula is C9H15N3O2. The Balaban J connectivity index is 2.55. The molecule has 5 heteroatoms. The highest BCUT2D eigenvalue weighted by Gasteiger charge is 2.07. The first-order valence-electron chi connectivity index (χ1n) is 4.39. The molecule has 1 rings (SSSR count). The van der Waals surface area contributed by atoms with Crippen molar-refractivity contribution < 1.29 is 9.53 Å². The van der Waals surface area contributed by atoms with Gasteiger partial charge in [-0.15, -0.1) is 0 Å². The third kappa shape index (κ3) is 2.85. The highest BCUT2D eigenvalue weighted by Crippen LogP contribution is 1.99. The number of methoxy groups -OCH3 is 1. The number of nitrogens with zero attached hydrogens (tertiary/aromatic N) is 3. The van der Waals surface area contributed by atoms with Gasteiger partial charge in [-0.2, -0.15) is 5.10 Å². The monoisotopic (exact) mass is 197 g/mol. The van der Waals surface area contributed by atoms with E-state index in [0.717, 1.165) is 13.1 Å². The minimum Gasteiger partial charge on any atom is -0.465 e. The van der Waals surface area contributed by atoms with Crippen molar-refractivity contribution in [3.63, 3.8) is 0 Å². The summed E-state index contributed by atoms with van der Waals surface area (Å²) in [5.41, 5.74) is 0.492. The van der Waals surface area contributed by atoms with Gasteiger partial charge in [0, 0.05) is 12.7 Å². The van der Waals surface area contributed by atoms with Crippen LogP contribution in [0.25, 0.3) is 0 Å². The molecule has 0 radical (unpaired) electrons. The van der Waals surface area contributed by atoms with Gasteiger partial charge in [-0.25, -0.2) is 4.79 Å². The van der Waals surface area contributed by atoms with Crippen molar-refractivity contribution in [1.82, 2.24) is 14.7 Å². The molecule has 1 aromatic heterocycles. The number of rotatable bonds is 4. The van der Waals surface area contributed by atoms with Crippen LogP contribution in [0.15, 0.2) is 12.4 Å². The lowest BCUT2D eigenvalue weighted by Gasteiger charge is -2.08. The molecule has 78 valence electrons. The molecule has 1 heterocycles. The number of ether oxygens (including phenoxy) is 1. The van der Waals surface area contributed by atoms with E-state index in [2.05, 4.69) is 14.7 Å². The molecule has 14 heavy (non-hydrogen) atoms. The first kappa shape index (κ1) is 10.7. The smallest absolute Gasteiger partial charge is 0.341 e. The lowest BCUT2D eigenvalue weighted by atomic mass is 10.4. The van der Waals surface area contributed by atoms with E-state index >= 15 is 0 Å². The largest absolute Gasteiger partial charge is 0.465 e. The second kappa shape index (κ2) is 4.76. The molecule has 5 nitrogen and oxygen atoms in total. The van der Waals surface area contributed by atoms with Gasteiger partial charge in [-0.05, 0) is 14.1 Å². The van der Waals surface area contributed by atoms with Crippen LogP contribution in [0.1, 0.15) is 10.4 Å². The molecule has 0 atom stereocenters. The molecular weight excluding hydrogens is 182 g/mol. The number of likely N-dealkylation sites (N-methyl/N-ethyl adjacent to an activating group) is 1. The summed E-state index contributed by atoms with van der Waals surface area (Å²) in [5.74, 6) is -0.346. The normalized spacial score (nSPS) is 10.6. The molecule has 0 aromatic carbocycles. The molecule has 0 fully saturated rings. The van der Waals surface area contributed by atoms with Gasteiger partial charge in [-0.3, -0.25) is 4.68 Å². The van der Waals surface area contributed by atoms with E-state index in [9.17, 15) is 4.79 Å². The molecule has 0 saturated carbocycles. The Hall–Kier alpha value is -1.36. The van der Waals surface area contributed by atoms with Crippen LogP contribution < -0.4 is 0 Å². The van der Waals surface area contributed by atoms with E-state index in [1.807, 2.05) is 14.1 Å². The molecule has 1 aromatic rings. The molecule has 0 aliphatic carbocycles. The van der Waals surface area contributed by atoms with Crippen LogP contribution in [0.4, 0.5) is 0 Å². The zero-order chi connectivity index (χ0) is 10.6. The second-order valence-corrected chi connectivity index (χ2v) is 3.29. The van der Waals surface area contributed by atoms with E-state index < -0.39 is 0 Å². The van der Waals surface area contributed by atoms with Crippen molar-refractivity contribution in [3.8, 4) is 0 Å². The van der Waals surface area contributed by atoms with Crippen molar-refractivity contribution in [1.29, 1.82) is 0 Å². The van der Waals surface area contributed by atoms with E-state index in [4.69, 9.17) is 0 Å². The van der Waals surface area contributed by atoms with E-state index in [-0.39, 0.29) is 5.97 Å². The number of carbonyl (C=O) groups excluding carboxylic acids is 1. The predicted octanol–water partition coefficient (Wildman–Crippen LogP) is 0.231. The number of aromatic nitrogens is 2. The van der Waals surface area contributed by atoms with Gasteiger partial charge in [0.1, 0.15) is 0 Å². The fourth-order valence-electron chi connectivity index (χ4n) is 1.01. The van der Waals surface area contributed by atoms with Gasteiger partial charge in [0.05, 0.1) is 25.4 Å². The SMILES string of the molecule is COC(=O)c1cnn(CCN(C)C)c1. The Labute approximate surface area is 83.3 Å². The van der Waals surface area contributed by atoms with Gasteiger partial charge in [0.15, 0.2) is 0 Å². The molecule has 0 N–H and O–H groups in total. The maximum atomic E-state index is 11.1. The van der Waals surface area contributed by atoms with Gasteiger partial charge >= 0.3 is 5.97 Å². The molecule has 0 aliphatic heterocycles. The zero-order valence-corrected chi connectivity index (χ0v) is 8.73. The summed E-state index contributed by atoms with van der Waals surface area (Å²) in [7, 11) is 5.34. The summed E-state index contributed by atoms with van der Waals surface area (Å²) in [6.45, 7) is 1.66. The lowest BCUT2D eigenvalue weighted by Crippen LogP contribution is -2.18. The maximum absolute atomic E-state index is 11.1. The van der Waals surface area contributed by atoms with E-state index in [1.165, 1.54) is 13.3 Å². The summed E-state index contributed by atoms with van der Waals surface area (Å²) in [4.78, 5) is 13.1. The number of hydrogen-bond donors (Lipinski definition) is 0. The van der Waals surface area contributed by atoms with Crippen LogP contribution in [-0.2, 0) is 11.3 Å². The van der Waals surface area contributed by atoms with Crippen molar-refractivity contribution >= 4 is 5.97 Å². The molecule has 0 bridgehead atoms. The Morgan fingerprint density at radius 3 is 2.93 bits per heavy atom. The van der Waals surface area contributed by atoms with E-state index in [0.29, 0.717) is 5.56 Å². The van der Waals surface area contributed by atoms with Crippen molar-refractivity contribution in [2.75, 3.05) is 27.7 Å². The highest BCUT2D eigenvalue weighted by molar-refractivity contribution is 5.88. The van der Waals surface area contributed by atoms with Crippen LogP contribution in [0.3, 0.4) is 0 Å². The molecule has 0 aliphatic rings. The first-order valence-corrected chi connectivity index (χ1v) is 4.39. The van der Waals surface area contributed by atoms with Gasteiger partial charge in [0.25, 0.3) is 0 Å². The van der Waals surface area contributed by atoms with Gasteiger partial charge in [-0.1, -0.05) is 0 Å². The Kier molecular flexibility index (Phi) is 3.64. The molecule has 0 spiro atoms. The molecule has 0 saturated heterocycles. The van der Waals surface area contributed by atoms with Crippen LogP contribution in [0, 0.1) is 0 Å².